The van der Waals surface area contributed by atoms with E-state index in [4.69, 9.17) is 9.72 Å². The Hall–Kier alpha value is -3.66. The highest BCUT2D eigenvalue weighted by atomic mass is 16.5. The average molecular weight is 517 g/mol. The number of fused-ring (bicyclic) bond motifs is 1. The number of nitrogens with one attached hydrogen (secondary N) is 3. The van der Waals surface area contributed by atoms with Gasteiger partial charge in [-0.25, -0.2) is 4.98 Å². The van der Waals surface area contributed by atoms with Crippen LogP contribution >= 0.6 is 0 Å². The molecule has 0 aliphatic carbocycles. The molecule has 0 bridgehead atoms. The van der Waals surface area contributed by atoms with Crippen LogP contribution in [-0.4, -0.2) is 77.9 Å². The number of ether oxygens (including phenoxy) is 1. The third-order valence-electron chi connectivity index (χ3n) is 7.22. The van der Waals surface area contributed by atoms with Crippen LogP contribution in [0.4, 0.5) is 11.4 Å². The Morgan fingerprint density at radius 1 is 1.13 bits per heavy atom. The van der Waals surface area contributed by atoms with Crippen LogP contribution in [0.1, 0.15) is 22.8 Å². The van der Waals surface area contributed by atoms with Gasteiger partial charge in [0.15, 0.2) is 0 Å². The van der Waals surface area contributed by atoms with Gasteiger partial charge in [-0.3, -0.25) is 9.69 Å². The number of aromatic amines is 2. The fourth-order valence-electron chi connectivity index (χ4n) is 5.09. The molecule has 3 heterocycles. The van der Waals surface area contributed by atoms with Crippen molar-refractivity contribution in [2.45, 2.75) is 20.0 Å². The molecule has 2 aromatic carbocycles. The fourth-order valence-corrected chi connectivity index (χ4v) is 5.09. The first-order chi connectivity index (χ1) is 18.4. The number of benzene rings is 2. The summed E-state index contributed by atoms with van der Waals surface area (Å²) < 4.78 is 5.22. The summed E-state index contributed by atoms with van der Waals surface area (Å²) in [6.07, 6.45) is 0.892. The van der Waals surface area contributed by atoms with Gasteiger partial charge >= 0.3 is 0 Å². The van der Waals surface area contributed by atoms with Crippen molar-refractivity contribution in [2.24, 2.45) is 0 Å². The van der Waals surface area contributed by atoms with Gasteiger partial charge in [-0.1, -0.05) is 29.8 Å². The minimum atomic E-state index is -0.711. The third kappa shape index (κ3) is 5.60. The number of piperazine rings is 1. The van der Waals surface area contributed by atoms with E-state index in [0.717, 1.165) is 72.7 Å². The van der Waals surface area contributed by atoms with Crippen molar-refractivity contribution >= 4 is 22.4 Å². The van der Waals surface area contributed by atoms with Crippen LogP contribution in [0.3, 0.4) is 0 Å². The maximum absolute atomic E-state index is 12.9. The highest BCUT2D eigenvalue weighted by molar-refractivity contribution is 5.87. The Morgan fingerprint density at radius 2 is 1.95 bits per heavy atom. The lowest BCUT2D eigenvalue weighted by molar-refractivity contribution is 0.144. The largest absolute Gasteiger partial charge is 0.387 e. The molecule has 4 N–H and O–H groups in total. The van der Waals surface area contributed by atoms with Gasteiger partial charge in [0.1, 0.15) is 11.4 Å². The molecular formula is C29H36N6O3. The van der Waals surface area contributed by atoms with E-state index < -0.39 is 6.10 Å². The molecule has 0 radical (unpaired) electrons. The minimum absolute atomic E-state index is 0.246. The lowest BCUT2D eigenvalue weighted by atomic mass is 10.1. The van der Waals surface area contributed by atoms with Gasteiger partial charge in [0.2, 0.25) is 0 Å². The van der Waals surface area contributed by atoms with E-state index in [1.165, 1.54) is 0 Å². The zero-order chi connectivity index (χ0) is 26.6. The number of aliphatic hydroxyl groups excluding tert-OH is 1. The number of aromatic nitrogens is 3. The number of aryl methyl sites for hydroxylation is 2. The molecule has 200 valence electrons. The number of H-pyrrole nitrogens is 2. The van der Waals surface area contributed by atoms with Crippen molar-refractivity contribution in [3.8, 4) is 11.4 Å². The quantitative estimate of drug-likeness (QED) is 0.270. The van der Waals surface area contributed by atoms with Crippen molar-refractivity contribution in [3.63, 3.8) is 0 Å². The van der Waals surface area contributed by atoms with E-state index in [1.54, 1.807) is 19.4 Å². The lowest BCUT2D eigenvalue weighted by Crippen LogP contribution is -2.47. The number of hydrogen-bond donors (Lipinski definition) is 4. The second-order valence-electron chi connectivity index (χ2n) is 9.97. The summed E-state index contributed by atoms with van der Waals surface area (Å²) in [5.41, 5.74) is 6.65. The van der Waals surface area contributed by atoms with E-state index >= 15 is 0 Å². The van der Waals surface area contributed by atoms with E-state index in [2.05, 4.69) is 44.1 Å². The topological polar surface area (TPSA) is 110 Å². The van der Waals surface area contributed by atoms with Crippen LogP contribution in [0.25, 0.3) is 22.4 Å². The number of pyridine rings is 1. The molecule has 2 aromatic heterocycles. The molecule has 0 spiro atoms. The highest BCUT2D eigenvalue weighted by Crippen LogP contribution is 2.30. The summed E-state index contributed by atoms with van der Waals surface area (Å²) in [5.74, 6) is 0.499. The molecule has 1 atom stereocenters. The number of imidazole rings is 1. The maximum atomic E-state index is 12.9. The zero-order valence-electron chi connectivity index (χ0n) is 22.3. The predicted molar refractivity (Wildman–Crippen MR) is 152 cm³/mol. The van der Waals surface area contributed by atoms with E-state index in [0.29, 0.717) is 17.1 Å². The number of anilines is 2. The Labute approximate surface area is 222 Å². The standard InChI is InChI=1S/C29H36N6O3/c1-19-5-4-6-21(15-19)25(36)18-31-23-7-8-30-29(37)26(23)28-32-24-17-22(16-20(2)27(24)33-28)35-11-9-34(10-12-35)13-14-38-3/h4-8,15-17,25,36H,9-14,18H2,1-3H3,(H,32,33)(H2,30,31,37)/t25-/m1/s1. The number of hydrogen-bond acceptors (Lipinski definition) is 7. The normalized spacial score (nSPS) is 15.2. The molecule has 1 aliphatic rings. The summed E-state index contributed by atoms with van der Waals surface area (Å²) >= 11 is 0. The molecule has 0 amide bonds. The first-order valence-electron chi connectivity index (χ1n) is 13.1. The van der Waals surface area contributed by atoms with Crippen molar-refractivity contribution in [2.75, 3.05) is 63.2 Å². The molecule has 9 heteroatoms. The summed E-state index contributed by atoms with van der Waals surface area (Å²) in [6.45, 7) is 9.91. The molecule has 4 aromatic rings. The molecule has 0 unspecified atom stereocenters. The summed E-state index contributed by atoms with van der Waals surface area (Å²) in [4.78, 5) is 28.7. The first kappa shape index (κ1) is 26.0. The van der Waals surface area contributed by atoms with Crippen LogP contribution in [0.2, 0.25) is 0 Å². The van der Waals surface area contributed by atoms with E-state index in [1.807, 2.05) is 31.2 Å². The molecule has 1 fully saturated rings. The van der Waals surface area contributed by atoms with Crippen LogP contribution in [0, 0.1) is 13.8 Å². The number of rotatable bonds is 9. The Bertz CT molecular complexity index is 1450. The molecule has 0 saturated carbocycles. The summed E-state index contributed by atoms with van der Waals surface area (Å²) in [7, 11) is 1.74. The van der Waals surface area contributed by atoms with Gasteiger partial charge < -0.3 is 30.0 Å². The first-order valence-corrected chi connectivity index (χ1v) is 13.1. The molecule has 9 nitrogen and oxygen atoms in total. The SMILES string of the molecule is COCCN1CCN(c2cc(C)c3nc(-c4c(NC[C@@H](O)c5cccc(C)c5)cc[nH]c4=O)[nH]c3c2)CC1. The van der Waals surface area contributed by atoms with Crippen LogP contribution < -0.4 is 15.8 Å². The molecule has 38 heavy (non-hydrogen) atoms. The van der Waals surface area contributed by atoms with Gasteiger partial charge in [-0.15, -0.1) is 0 Å². The van der Waals surface area contributed by atoms with Gasteiger partial charge in [0.25, 0.3) is 5.56 Å². The molecular weight excluding hydrogens is 480 g/mol. The van der Waals surface area contributed by atoms with Gasteiger partial charge in [-0.05, 0) is 43.2 Å². The summed E-state index contributed by atoms with van der Waals surface area (Å²) in [5, 5.41) is 14.0. The molecule has 1 saturated heterocycles. The highest BCUT2D eigenvalue weighted by Gasteiger charge is 2.20. The van der Waals surface area contributed by atoms with Crippen LogP contribution in [-0.2, 0) is 4.74 Å². The third-order valence-corrected chi connectivity index (χ3v) is 7.22. The number of nitrogens with zero attached hydrogens (tertiary/aromatic N) is 3. The number of methoxy groups -OCH3 is 1. The molecule has 5 rings (SSSR count). The average Bonchev–Trinajstić information content (AvgIpc) is 3.35. The second kappa shape index (κ2) is 11.4. The van der Waals surface area contributed by atoms with E-state index in [-0.39, 0.29) is 12.1 Å². The zero-order valence-corrected chi connectivity index (χ0v) is 22.3. The Morgan fingerprint density at radius 3 is 2.71 bits per heavy atom. The number of aliphatic hydroxyl groups is 1. The van der Waals surface area contributed by atoms with Gasteiger partial charge in [-0.2, -0.15) is 0 Å². The molecule has 1 aliphatic heterocycles. The maximum Gasteiger partial charge on any atom is 0.261 e. The van der Waals surface area contributed by atoms with Crippen LogP contribution in [0.15, 0.2) is 53.5 Å². The monoisotopic (exact) mass is 516 g/mol. The van der Waals surface area contributed by atoms with Crippen molar-refractivity contribution in [1.29, 1.82) is 0 Å². The van der Waals surface area contributed by atoms with Crippen molar-refractivity contribution < 1.29 is 9.84 Å². The summed E-state index contributed by atoms with van der Waals surface area (Å²) in [6, 6.07) is 13.9. The Balaban J connectivity index is 1.38. The van der Waals surface area contributed by atoms with E-state index in [9.17, 15) is 9.90 Å². The lowest BCUT2D eigenvalue weighted by Gasteiger charge is -2.36. The minimum Gasteiger partial charge on any atom is -0.387 e. The van der Waals surface area contributed by atoms with Crippen molar-refractivity contribution in [1.82, 2.24) is 19.9 Å². The van der Waals surface area contributed by atoms with Gasteiger partial charge in [0, 0.05) is 58.3 Å². The Kier molecular flexibility index (Phi) is 7.78. The second-order valence-corrected chi connectivity index (χ2v) is 9.97. The van der Waals surface area contributed by atoms with Crippen molar-refractivity contribution in [3.05, 3.63) is 75.7 Å². The predicted octanol–water partition coefficient (Wildman–Crippen LogP) is 3.45. The van der Waals surface area contributed by atoms with Crippen LogP contribution in [0.5, 0.6) is 0 Å². The smallest absolute Gasteiger partial charge is 0.261 e. The van der Waals surface area contributed by atoms with Gasteiger partial charge in [0.05, 0.1) is 29.4 Å². The fraction of sp³-hybridized carbons (Fsp3) is 0.379.